The van der Waals surface area contributed by atoms with Crippen molar-refractivity contribution in [3.63, 3.8) is 0 Å². The smallest absolute Gasteiger partial charge is 0.324 e. The van der Waals surface area contributed by atoms with Gasteiger partial charge in [-0.05, 0) is 30.2 Å². The van der Waals surface area contributed by atoms with Crippen LogP contribution in [0.2, 0.25) is 0 Å². The highest BCUT2D eigenvalue weighted by molar-refractivity contribution is 6.16. The molecule has 1 heterocycles. The fourth-order valence-electron chi connectivity index (χ4n) is 2.93. The molecule has 0 atom stereocenters. The molecule has 9 nitrogen and oxygen atoms in total. The van der Waals surface area contributed by atoms with Gasteiger partial charge in [-0.25, -0.2) is 9.69 Å². The maximum absolute atomic E-state index is 12.5. The molecular formula is C20H18N4O5. The number of nitro groups is 1. The molecule has 0 aliphatic carbocycles. The Morgan fingerprint density at radius 1 is 1.17 bits per heavy atom. The number of rotatable bonds is 6. The van der Waals surface area contributed by atoms with Crippen LogP contribution in [-0.2, 0) is 16.0 Å². The van der Waals surface area contributed by atoms with Gasteiger partial charge >= 0.3 is 6.03 Å². The van der Waals surface area contributed by atoms with Crippen molar-refractivity contribution >= 4 is 35.3 Å². The lowest BCUT2D eigenvalue weighted by Crippen LogP contribution is -2.38. The largest absolute Gasteiger partial charge is 0.329 e. The number of hydrogen-bond donors (Lipinski definition) is 2. The molecule has 0 radical (unpaired) electrons. The summed E-state index contributed by atoms with van der Waals surface area (Å²) in [7, 11) is 0. The number of aryl methyl sites for hydroxylation is 1. The Labute approximate surface area is 166 Å². The van der Waals surface area contributed by atoms with Crippen molar-refractivity contribution in [2.75, 3.05) is 11.9 Å². The molecule has 0 bridgehead atoms. The molecule has 29 heavy (non-hydrogen) atoms. The predicted molar refractivity (Wildman–Crippen MR) is 106 cm³/mol. The van der Waals surface area contributed by atoms with Gasteiger partial charge in [-0.1, -0.05) is 37.3 Å². The highest BCUT2D eigenvalue weighted by Crippen LogP contribution is 2.22. The number of benzene rings is 2. The van der Waals surface area contributed by atoms with Crippen LogP contribution in [0.3, 0.4) is 0 Å². The van der Waals surface area contributed by atoms with E-state index >= 15 is 0 Å². The van der Waals surface area contributed by atoms with Gasteiger partial charge in [-0.15, -0.1) is 0 Å². The zero-order valence-electron chi connectivity index (χ0n) is 15.5. The summed E-state index contributed by atoms with van der Waals surface area (Å²) >= 11 is 0. The van der Waals surface area contributed by atoms with E-state index in [2.05, 4.69) is 10.6 Å². The highest BCUT2D eigenvalue weighted by atomic mass is 16.6. The van der Waals surface area contributed by atoms with Crippen molar-refractivity contribution in [2.24, 2.45) is 0 Å². The molecule has 1 saturated heterocycles. The van der Waals surface area contributed by atoms with E-state index in [-0.39, 0.29) is 16.9 Å². The number of amides is 4. The topological polar surface area (TPSA) is 122 Å². The molecule has 0 aromatic heterocycles. The lowest BCUT2D eigenvalue weighted by Gasteiger charge is -2.13. The monoisotopic (exact) mass is 394 g/mol. The molecule has 9 heteroatoms. The number of hydrogen-bond acceptors (Lipinski definition) is 5. The van der Waals surface area contributed by atoms with E-state index in [1.165, 1.54) is 24.3 Å². The standard InChI is InChI=1S/C20H18N4O5/c1-2-13-7-3-5-9-15(13)21-18(25)12-23-19(26)16(22-20(23)27)11-14-8-4-6-10-17(14)24(28)29/h3-11H,2,12H2,1H3,(H,21,25)(H,22,27)/b16-11+. The lowest BCUT2D eigenvalue weighted by atomic mass is 10.1. The van der Waals surface area contributed by atoms with E-state index in [0.717, 1.165) is 10.5 Å². The van der Waals surface area contributed by atoms with Gasteiger partial charge in [0, 0.05) is 11.8 Å². The summed E-state index contributed by atoms with van der Waals surface area (Å²) in [6.07, 6.45) is 1.94. The number of para-hydroxylation sites is 2. The Balaban J connectivity index is 1.76. The first-order valence-corrected chi connectivity index (χ1v) is 8.86. The van der Waals surface area contributed by atoms with Gasteiger partial charge in [0.25, 0.3) is 11.6 Å². The number of nitro benzene ring substituents is 1. The van der Waals surface area contributed by atoms with Crippen LogP contribution >= 0.6 is 0 Å². The molecule has 1 aliphatic heterocycles. The second-order valence-electron chi connectivity index (χ2n) is 6.25. The van der Waals surface area contributed by atoms with Crippen LogP contribution in [0.5, 0.6) is 0 Å². The number of nitrogens with one attached hydrogen (secondary N) is 2. The van der Waals surface area contributed by atoms with E-state index in [9.17, 15) is 24.5 Å². The Morgan fingerprint density at radius 2 is 1.86 bits per heavy atom. The van der Waals surface area contributed by atoms with Crippen molar-refractivity contribution in [3.05, 3.63) is 75.5 Å². The fourth-order valence-corrected chi connectivity index (χ4v) is 2.93. The van der Waals surface area contributed by atoms with Gasteiger partial charge in [0.05, 0.1) is 10.5 Å². The first-order valence-electron chi connectivity index (χ1n) is 8.86. The van der Waals surface area contributed by atoms with Crippen LogP contribution in [0.25, 0.3) is 6.08 Å². The Morgan fingerprint density at radius 3 is 2.59 bits per heavy atom. The molecule has 148 valence electrons. The Hall–Kier alpha value is -4.01. The van der Waals surface area contributed by atoms with Crippen LogP contribution in [0.15, 0.2) is 54.2 Å². The maximum Gasteiger partial charge on any atom is 0.329 e. The minimum absolute atomic E-state index is 0.133. The molecule has 0 unspecified atom stereocenters. The van der Waals surface area contributed by atoms with Gasteiger partial charge in [-0.2, -0.15) is 0 Å². The zero-order chi connectivity index (χ0) is 21.0. The van der Waals surface area contributed by atoms with Crippen molar-refractivity contribution in [1.29, 1.82) is 0 Å². The molecule has 0 saturated carbocycles. The van der Waals surface area contributed by atoms with E-state index in [4.69, 9.17) is 0 Å². The number of carbonyl (C=O) groups is 3. The van der Waals surface area contributed by atoms with Crippen LogP contribution in [-0.4, -0.2) is 34.2 Å². The Kier molecular flexibility index (Phi) is 5.68. The predicted octanol–water partition coefficient (Wildman–Crippen LogP) is 2.69. The van der Waals surface area contributed by atoms with Gasteiger partial charge in [0.1, 0.15) is 12.2 Å². The molecule has 2 N–H and O–H groups in total. The molecule has 1 aliphatic rings. The highest BCUT2D eigenvalue weighted by Gasteiger charge is 2.35. The zero-order valence-corrected chi connectivity index (χ0v) is 15.5. The average molecular weight is 394 g/mol. The molecule has 0 spiro atoms. The third kappa shape index (κ3) is 4.29. The molecule has 1 fully saturated rings. The fraction of sp³-hybridized carbons (Fsp3) is 0.150. The SMILES string of the molecule is CCc1ccccc1NC(=O)CN1C(=O)N/C(=C/c2ccccc2[N+](=O)[O-])C1=O. The van der Waals surface area contributed by atoms with Crippen LogP contribution in [0, 0.1) is 10.1 Å². The second kappa shape index (κ2) is 8.34. The molecule has 2 aromatic carbocycles. The summed E-state index contributed by atoms with van der Waals surface area (Å²) < 4.78 is 0. The van der Waals surface area contributed by atoms with Crippen LogP contribution in [0.1, 0.15) is 18.1 Å². The molecule has 3 rings (SSSR count). The lowest BCUT2D eigenvalue weighted by molar-refractivity contribution is -0.385. The van der Waals surface area contributed by atoms with Crippen LogP contribution in [0.4, 0.5) is 16.2 Å². The first kappa shape index (κ1) is 19.7. The molecule has 2 aromatic rings. The van der Waals surface area contributed by atoms with Gasteiger partial charge < -0.3 is 10.6 Å². The number of urea groups is 1. The third-order valence-corrected chi connectivity index (χ3v) is 4.37. The minimum atomic E-state index is -0.765. The van der Waals surface area contributed by atoms with Crippen molar-refractivity contribution in [3.8, 4) is 0 Å². The average Bonchev–Trinajstić information content (AvgIpc) is 2.96. The summed E-state index contributed by atoms with van der Waals surface area (Å²) in [5.74, 6) is -1.26. The number of carbonyl (C=O) groups excluding carboxylic acids is 3. The van der Waals surface area contributed by atoms with Crippen LogP contribution < -0.4 is 10.6 Å². The summed E-state index contributed by atoms with van der Waals surface area (Å²) in [5.41, 5.74) is 1.38. The van der Waals surface area contributed by atoms with Crippen molar-refractivity contribution in [2.45, 2.75) is 13.3 Å². The second-order valence-corrected chi connectivity index (χ2v) is 6.25. The van der Waals surface area contributed by atoms with E-state index in [0.29, 0.717) is 12.1 Å². The van der Waals surface area contributed by atoms with Crippen molar-refractivity contribution in [1.82, 2.24) is 10.2 Å². The minimum Gasteiger partial charge on any atom is -0.324 e. The first-order chi connectivity index (χ1) is 13.9. The van der Waals surface area contributed by atoms with Gasteiger partial charge in [-0.3, -0.25) is 19.7 Å². The van der Waals surface area contributed by atoms with E-state index in [1.54, 1.807) is 18.2 Å². The summed E-state index contributed by atoms with van der Waals surface area (Å²) in [6.45, 7) is 1.47. The number of imide groups is 1. The molecular weight excluding hydrogens is 376 g/mol. The summed E-state index contributed by atoms with van der Waals surface area (Å²) in [5, 5.41) is 16.2. The Bertz CT molecular complexity index is 1030. The van der Waals surface area contributed by atoms with Gasteiger partial charge in [0.2, 0.25) is 5.91 Å². The van der Waals surface area contributed by atoms with Crippen molar-refractivity contribution < 1.29 is 19.3 Å². The van der Waals surface area contributed by atoms with E-state index < -0.39 is 29.3 Å². The maximum atomic E-state index is 12.5. The van der Waals surface area contributed by atoms with Gasteiger partial charge in [0.15, 0.2) is 0 Å². The number of nitrogens with zero attached hydrogens (tertiary/aromatic N) is 2. The third-order valence-electron chi connectivity index (χ3n) is 4.37. The normalized spacial score (nSPS) is 14.8. The summed E-state index contributed by atoms with van der Waals surface area (Å²) in [4.78, 5) is 48.3. The summed E-state index contributed by atoms with van der Waals surface area (Å²) in [6, 6.07) is 12.3. The number of anilines is 1. The molecule has 4 amide bonds. The quantitative estimate of drug-likeness (QED) is 0.338. The van der Waals surface area contributed by atoms with E-state index in [1.807, 2.05) is 19.1 Å².